The minimum atomic E-state index is -2.22. The van der Waals surface area contributed by atoms with E-state index in [1.807, 2.05) is 20.8 Å². The van der Waals surface area contributed by atoms with Crippen LogP contribution in [-0.2, 0) is 0 Å². The average Bonchev–Trinajstić information content (AvgIpc) is 2.01. The summed E-state index contributed by atoms with van der Waals surface area (Å²) >= 11 is 0. The molecule has 3 heteroatoms. The molecule has 1 nitrogen and oxygen atoms in total. The van der Waals surface area contributed by atoms with Crippen molar-refractivity contribution in [3.8, 4) is 0 Å². The highest BCUT2D eigenvalue weighted by atomic mass is 19.3. The largest absolute Gasteiger partial charge is 0.328 e. The second-order valence-corrected chi connectivity index (χ2v) is 5.54. The van der Waals surface area contributed by atoms with Gasteiger partial charge in [0, 0.05) is 12.0 Å². The van der Waals surface area contributed by atoms with Crippen LogP contribution in [0.5, 0.6) is 0 Å². The van der Waals surface area contributed by atoms with Crippen LogP contribution in [0.25, 0.3) is 0 Å². The average molecular weight is 205 g/mol. The molecule has 14 heavy (non-hydrogen) atoms. The van der Waals surface area contributed by atoms with Crippen LogP contribution in [0.4, 0.5) is 8.78 Å². The second kappa shape index (κ2) is 4.13. The zero-order valence-electron chi connectivity index (χ0n) is 9.26. The molecule has 0 aromatic rings. The van der Waals surface area contributed by atoms with E-state index < -0.39 is 12.3 Å². The molecule has 2 N–H and O–H groups in total. The molecular weight excluding hydrogens is 184 g/mol. The number of alkyl halides is 2. The minimum absolute atomic E-state index is 0.0207. The third-order valence-electron chi connectivity index (χ3n) is 3.38. The van der Waals surface area contributed by atoms with E-state index in [1.54, 1.807) is 0 Å². The molecule has 1 fully saturated rings. The Kier molecular flexibility index (Phi) is 3.51. The lowest BCUT2D eigenvalue weighted by Gasteiger charge is -2.42. The number of rotatable bonds is 1. The number of nitrogens with two attached hydrogens (primary N) is 1. The first kappa shape index (κ1) is 11.9. The molecule has 0 amide bonds. The van der Waals surface area contributed by atoms with Crippen LogP contribution >= 0.6 is 0 Å². The lowest BCUT2D eigenvalue weighted by Crippen LogP contribution is -2.41. The first-order valence-electron chi connectivity index (χ1n) is 5.36. The molecular formula is C11H21F2N. The van der Waals surface area contributed by atoms with E-state index in [2.05, 4.69) is 0 Å². The van der Waals surface area contributed by atoms with Gasteiger partial charge < -0.3 is 5.73 Å². The van der Waals surface area contributed by atoms with E-state index >= 15 is 0 Å². The molecule has 0 bridgehead atoms. The van der Waals surface area contributed by atoms with Crippen molar-refractivity contribution < 1.29 is 8.78 Å². The van der Waals surface area contributed by atoms with Gasteiger partial charge in [-0.15, -0.1) is 0 Å². The zero-order valence-corrected chi connectivity index (χ0v) is 9.26. The maximum absolute atomic E-state index is 12.8. The Balaban J connectivity index is 2.73. The maximum atomic E-state index is 12.8. The molecule has 0 aromatic heterocycles. The number of hydrogen-bond acceptors (Lipinski definition) is 1. The first-order chi connectivity index (χ1) is 6.32. The van der Waals surface area contributed by atoms with E-state index in [0.29, 0.717) is 6.42 Å². The Morgan fingerprint density at radius 3 is 2.21 bits per heavy atom. The fourth-order valence-electron chi connectivity index (χ4n) is 2.59. The van der Waals surface area contributed by atoms with Gasteiger partial charge in [0.2, 0.25) is 6.43 Å². The molecule has 0 saturated heterocycles. The van der Waals surface area contributed by atoms with Crippen molar-refractivity contribution in [1.29, 1.82) is 0 Å². The topological polar surface area (TPSA) is 26.0 Å². The van der Waals surface area contributed by atoms with E-state index in [1.165, 1.54) is 0 Å². The summed E-state index contributed by atoms with van der Waals surface area (Å²) in [6, 6.07) is -0.0207. The van der Waals surface area contributed by atoms with Crippen molar-refractivity contribution >= 4 is 0 Å². The molecule has 1 aliphatic carbocycles. The summed E-state index contributed by atoms with van der Waals surface area (Å²) in [5, 5.41) is 0. The fourth-order valence-corrected chi connectivity index (χ4v) is 2.59. The third kappa shape index (κ3) is 2.66. The van der Waals surface area contributed by atoms with Gasteiger partial charge in [-0.25, -0.2) is 8.78 Å². The summed E-state index contributed by atoms with van der Waals surface area (Å²) in [6.07, 6.45) is 0.00956. The van der Waals surface area contributed by atoms with Crippen molar-refractivity contribution in [2.75, 3.05) is 0 Å². The van der Waals surface area contributed by atoms with Gasteiger partial charge in [0.05, 0.1) is 0 Å². The van der Waals surface area contributed by atoms with E-state index in [4.69, 9.17) is 5.73 Å². The Hall–Kier alpha value is -0.180. The van der Waals surface area contributed by atoms with E-state index in [9.17, 15) is 8.78 Å². The number of halogens is 2. The predicted molar refractivity (Wildman–Crippen MR) is 54.3 cm³/mol. The third-order valence-corrected chi connectivity index (χ3v) is 3.38. The zero-order chi connectivity index (χ0) is 10.9. The highest BCUT2D eigenvalue weighted by Gasteiger charge is 2.40. The molecule has 84 valence electrons. The second-order valence-electron chi connectivity index (χ2n) is 5.54. The van der Waals surface area contributed by atoms with E-state index in [-0.39, 0.29) is 17.4 Å². The molecule has 0 heterocycles. The number of hydrogen-bond donors (Lipinski definition) is 1. The lowest BCUT2D eigenvalue weighted by molar-refractivity contribution is -0.0222. The Morgan fingerprint density at radius 2 is 1.79 bits per heavy atom. The quantitative estimate of drug-likeness (QED) is 0.699. The molecule has 3 unspecified atom stereocenters. The van der Waals surface area contributed by atoms with Crippen molar-refractivity contribution in [3.63, 3.8) is 0 Å². The minimum Gasteiger partial charge on any atom is -0.328 e. The summed E-state index contributed by atoms with van der Waals surface area (Å²) in [7, 11) is 0. The summed E-state index contributed by atoms with van der Waals surface area (Å²) in [6.45, 7) is 6.14. The van der Waals surface area contributed by atoms with Crippen molar-refractivity contribution in [2.24, 2.45) is 23.0 Å². The molecule has 0 aliphatic heterocycles. The highest BCUT2D eigenvalue weighted by molar-refractivity contribution is 4.89. The Bertz CT molecular complexity index is 186. The van der Waals surface area contributed by atoms with Crippen LogP contribution in [-0.4, -0.2) is 12.5 Å². The summed E-state index contributed by atoms with van der Waals surface area (Å²) in [4.78, 5) is 0. The summed E-state index contributed by atoms with van der Waals surface area (Å²) < 4.78 is 25.6. The van der Waals surface area contributed by atoms with Crippen molar-refractivity contribution in [3.05, 3.63) is 0 Å². The standard InChI is InChI=1S/C11H21F2N/c1-11(2,3)9-5-4-7(14)6-8(9)10(12)13/h7-10H,4-6,14H2,1-3H3. The summed E-state index contributed by atoms with van der Waals surface area (Å²) in [5.74, 6) is -0.388. The van der Waals surface area contributed by atoms with Gasteiger partial charge in [0.25, 0.3) is 0 Å². The predicted octanol–water partition coefficient (Wildman–Crippen LogP) is 3.04. The van der Waals surface area contributed by atoms with Crippen LogP contribution in [0.15, 0.2) is 0 Å². The first-order valence-corrected chi connectivity index (χ1v) is 5.36. The lowest BCUT2D eigenvalue weighted by atomic mass is 9.65. The fraction of sp³-hybridized carbons (Fsp3) is 1.00. The molecule has 1 aliphatic rings. The van der Waals surface area contributed by atoms with Gasteiger partial charge in [0.15, 0.2) is 0 Å². The molecule has 0 aromatic carbocycles. The van der Waals surface area contributed by atoms with Crippen LogP contribution in [0.2, 0.25) is 0 Å². The van der Waals surface area contributed by atoms with Crippen LogP contribution in [0.1, 0.15) is 40.0 Å². The van der Waals surface area contributed by atoms with Gasteiger partial charge in [-0.2, -0.15) is 0 Å². The molecule has 0 radical (unpaired) electrons. The van der Waals surface area contributed by atoms with E-state index in [0.717, 1.165) is 12.8 Å². The van der Waals surface area contributed by atoms with Crippen LogP contribution in [0, 0.1) is 17.3 Å². The molecule has 1 rings (SSSR count). The van der Waals surface area contributed by atoms with Crippen molar-refractivity contribution in [2.45, 2.75) is 52.5 Å². The van der Waals surface area contributed by atoms with Crippen molar-refractivity contribution in [1.82, 2.24) is 0 Å². The normalized spacial score (nSPS) is 34.9. The summed E-state index contributed by atoms with van der Waals surface area (Å²) in [5.41, 5.74) is 5.71. The van der Waals surface area contributed by atoms with Gasteiger partial charge in [-0.3, -0.25) is 0 Å². The van der Waals surface area contributed by atoms with Gasteiger partial charge in [-0.1, -0.05) is 20.8 Å². The molecule has 1 saturated carbocycles. The monoisotopic (exact) mass is 205 g/mol. The van der Waals surface area contributed by atoms with Gasteiger partial charge >= 0.3 is 0 Å². The van der Waals surface area contributed by atoms with Gasteiger partial charge in [0.1, 0.15) is 0 Å². The van der Waals surface area contributed by atoms with Crippen LogP contribution in [0.3, 0.4) is 0 Å². The maximum Gasteiger partial charge on any atom is 0.241 e. The smallest absolute Gasteiger partial charge is 0.241 e. The SMILES string of the molecule is CC(C)(C)C1CCC(N)CC1C(F)F. The Morgan fingerprint density at radius 1 is 1.21 bits per heavy atom. The molecule has 0 spiro atoms. The Labute approximate surface area is 85.1 Å². The van der Waals surface area contributed by atoms with Gasteiger partial charge in [-0.05, 0) is 30.6 Å². The van der Waals surface area contributed by atoms with Crippen LogP contribution < -0.4 is 5.73 Å². The highest BCUT2D eigenvalue weighted by Crippen LogP contribution is 2.43. The molecule has 3 atom stereocenters.